The van der Waals surface area contributed by atoms with Crippen LogP contribution in [-0.4, -0.2) is 38.1 Å². The summed E-state index contributed by atoms with van der Waals surface area (Å²) in [5, 5.41) is -0.277. The first-order chi connectivity index (χ1) is 11.2. The molecule has 120 valence electrons. The van der Waals surface area contributed by atoms with Crippen LogP contribution in [0.15, 0.2) is 53.4 Å². The predicted molar refractivity (Wildman–Crippen MR) is 94.6 cm³/mol. The molecule has 0 radical (unpaired) electrons. The number of benzene rings is 2. The molecular formula is C19H21NO2S. The number of fused-ring (bicyclic) bond motifs is 3. The Bertz CT molecular complexity index is 699. The maximum absolute atomic E-state index is 12.6. The fourth-order valence-corrected chi connectivity index (χ4v) is 3.97. The molecule has 1 aliphatic heterocycles. The zero-order valence-corrected chi connectivity index (χ0v) is 14.3. The number of carbonyl (C=O) groups is 1. The molecule has 1 unspecified atom stereocenters. The number of carbonyl (C=O) groups excluding carboxylic acids is 1. The lowest BCUT2D eigenvalue weighted by Gasteiger charge is -2.26. The van der Waals surface area contributed by atoms with Gasteiger partial charge in [0.1, 0.15) is 5.25 Å². The maximum atomic E-state index is 12.6. The summed E-state index contributed by atoms with van der Waals surface area (Å²) in [5.74, 6) is -0.143. The van der Waals surface area contributed by atoms with E-state index in [9.17, 15) is 4.79 Å². The zero-order chi connectivity index (χ0) is 16.2. The largest absolute Gasteiger partial charge is 0.465 e. The molecule has 2 aromatic carbocycles. The van der Waals surface area contributed by atoms with Crippen LogP contribution in [0.4, 0.5) is 0 Å². The number of esters is 1. The molecule has 0 saturated heterocycles. The van der Waals surface area contributed by atoms with E-state index in [4.69, 9.17) is 4.74 Å². The van der Waals surface area contributed by atoms with Crippen LogP contribution in [-0.2, 0) is 9.53 Å². The minimum Gasteiger partial charge on any atom is -0.465 e. The van der Waals surface area contributed by atoms with Gasteiger partial charge in [0.15, 0.2) is 0 Å². The van der Waals surface area contributed by atoms with E-state index in [0.29, 0.717) is 6.61 Å². The first-order valence-corrected chi connectivity index (χ1v) is 8.71. The third-order valence-electron chi connectivity index (χ3n) is 3.87. The van der Waals surface area contributed by atoms with E-state index in [1.165, 1.54) is 5.56 Å². The third kappa shape index (κ3) is 3.59. The highest BCUT2D eigenvalue weighted by molar-refractivity contribution is 8.00. The second kappa shape index (κ2) is 7.20. The van der Waals surface area contributed by atoms with Crippen LogP contribution < -0.4 is 0 Å². The smallest absolute Gasteiger partial charge is 0.324 e. The van der Waals surface area contributed by atoms with Crippen molar-refractivity contribution < 1.29 is 9.53 Å². The van der Waals surface area contributed by atoms with Gasteiger partial charge in [-0.1, -0.05) is 42.5 Å². The fourth-order valence-electron chi connectivity index (χ4n) is 2.76. The summed E-state index contributed by atoms with van der Waals surface area (Å²) in [6.07, 6.45) is 0.856. The number of nitrogens with zero attached hydrogens (tertiary/aromatic N) is 1. The van der Waals surface area contributed by atoms with Gasteiger partial charge in [0.2, 0.25) is 0 Å². The van der Waals surface area contributed by atoms with Gasteiger partial charge in [-0.15, -0.1) is 11.8 Å². The summed E-state index contributed by atoms with van der Waals surface area (Å²) in [7, 11) is 4.04. The van der Waals surface area contributed by atoms with Crippen molar-refractivity contribution in [2.45, 2.75) is 16.6 Å². The van der Waals surface area contributed by atoms with Crippen LogP contribution in [0.3, 0.4) is 0 Å². The van der Waals surface area contributed by atoms with E-state index in [-0.39, 0.29) is 11.2 Å². The van der Waals surface area contributed by atoms with E-state index < -0.39 is 0 Å². The van der Waals surface area contributed by atoms with Crippen LogP contribution in [0.25, 0.3) is 11.1 Å². The Kier molecular flexibility index (Phi) is 5.03. The van der Waals surface area contributed by atoms with E-state index in [0.717, 1.165) is 29.0 Å². The third-order valence-corrected chi connectivity index (χ3v) is 5.17. The van der Waals surface area contributed by atoms with Crippen molar-refractivity contribution in [3.8, 4) is 11.1 Å². The Morgan fingerprint density at radius 3 is 2.57 bits per heavy atom. The molecule has 1 heterocycles. The quantitative estimate of drug-likeness (QED) is 0.613. The Morgan fingerprint density at radius 1 is 1.09 bits per heavy atom. The van der Waals surface area contributed by atoms with Crippen LogP contribution in [0.2, 0.25) is 0 Å². The molecule has 0 aliphatic carbocycles. The van der Waals surface area contributed by atoms with Gasteiger partial charge >= 0.3 is 5.97 Å². The molecule has 0 spiro atoms. The van der Waals surface area contributed by atoms with E-state index in [2.05, 4.69) is 23.1 Å². The number of hydrogen-bond donors (Lipinski definition) is 0. The lowest BCUT2D eigenvalue weighted by Crippen LogP contribution is -2.19. The summed E-state index contributed by atoms with van der Waals surface area (Å²) in [6, 6.07) is 16.4. The Labute approximate surface area is 141 Å². The first-order valence-electron chi connectivity index (χ1n) is 7.83. The highest BCUT2D eigenvalue weighted by Gasteiger charge is 2.31. The summed E-state index contributed by atoms with van der Waals surface area (Å²) >= 11 is 1.59. The summed E-state index contributed by atoms with van der Waals surface area (Å²) in [6.45, 7) is 1.39. The van der Waals surface area contributed by atoms with Crippen molar-refractivity contribution in [3.63, 3.8) is 0 Å². The minimum atomic E-state index is -0.277. The van der Waals surface area contributed by atoms with Crippen LogP contribution in [0.1, 0.15) is 17.2 Å². The number of ether oxygens (including phenoxy) is 1. The molecule has 0 fully saturated rings. The molecule has 0 aromatic heterocycles. The van der Waals surface area contributed by atoms with Gasteiger partial charge in [-0.25, -0.2) is 0 Å². The summed E-state index contributed by atoms with van der Waals surface area (Å²) < 4.78 is 5.52. The number of rotatable bonds is 5. The molecule has 0 saturated carbocycles. The molecule has 1 aliphatic rings. The van der Waals surface area contributed by atoms with Gasteiger partial charge in [0.25, 0.3) is 0 Å². The zero-order valence-electron chi connectivity index (χ0n) is 13.5. The topological polar surface area (TPSA) is 29.5 Å². The lowest BCUT2D eigenvalue weighted by atomic mass is 9.97. The molecule has 0 amide bonds. The number of hydrogen-bond acceptors (Lipinski definition) is 4. The average molecular weight is 327 g/mol. The van der Waals surface area contributed by atoms with Crippen molar-refractivity contribution in [3.05, 3.63) is 54.1 Å². The van der Waals surface area contributed by atoms with Gasteiger partial charge in [0, 0.05) is 11.4 Å². The Hall–Kier alpha value is -1.78. The van der Waals surface area contributed by atoms with Crippen LogP contribution in [0.5, 0.6) is 0 Å². The predicted octanol–water partition coefficient (Wildman–Crippen LogP) is 4.00. The minimum absolute atomic E-state index is 0.143. The molecule has 3 rings (SSSR count). The van der Waals surface area contributed by atoms with E-state index in [1.54, 1.807) is 11.8 Å². The highest BCUT2D eigenvalue weighted by Crippen LogP contribution is 2.49. The van der Waals surface area contributed by atoms with Crippen molar-refractivity contribution in [1.82, 2.24) is 4.90 Å². The molecule has 23 heavy (non-hydrogen) atoms. The van der Waals surface area contributed by atoms with E-state index in [1.807, 2.05) is 44.4 Å². The van der Waals surface area contributed by atoms with E-state index >= 15 is 0 Å². The first kappa shape index (κ1) is 16.1. The fraction of sp³-hybridized carbons (Fsp3) is 0.316. The average Bonchev–Trinajstić information content (AvgIpc) is 2.57. The molecule has 4 heteroatoms. The van der Waals surface area contributed by atoms with Crippen molar-refractivity contribution in [1.29, 1.82) is 0 Å². The maximum Gasteiger partial charge on any atom is 0.324 e. The van der Waals surface area contributed by atoms with Crippen molar-refractivity contribution in [2.75, 3.05) is 27.2 Å². The van der Waals surface area contributed by atoms with Crippen LogP contribution in [0, 0.1) is 0 Å². The molecule has 0 N–H and O–H groups in total. The van der Waals surface area contributed by atoms with Gasteiger partial charge in [0.05, 0.1) is 6.61 Å². The molecular weight excluding hydrogens is 306 g/mol. The van der Waals surface area contributed by atoms with Gasteiger partial charge in [-0.2, -0.15) is 0 Å². The summed E-state index contributed by atoms with van der Waals surface area (Å²) in [4.78, 5) is 15.8. The Morgan fingerprint density at radius 2 is 1.78 bits per heavy atom. The second-order valence-electron chi connectivity index (χ2n) is 5.91. The molecule has 0 bridgehead atoms. The molecule has 2 aromatic rings. The monoisotopic (exact) mass is 327 g/mol. The van der Waals surface area contributed by atoms with Gasteiger partial charge < -0.3 is 9.64 Å². The Balaban J connectivity index is 1.78. The summed E-state index contributed by atoms with van der Waals surface area (Å²) in [5.41, 5.74) is 3.38. The van der Waals surface area contributed by atoms with Gasteiger partial charge in [-0.3, -0.25) is 4.79 Å². The number of thioether (sulfide) groups is 1. The second-order valence-corrected chi connectivity index (χ2v) is 7.05. The molecule has 3 nitrogen and oxygen atoms in total. The van der Waals surface area contributed by atoms with Gasteiger partial charge in [-0.05, 0) is 43.3 Å². The molecule has 1 atom stereocenters. The standard InChI is InChI=1S/C19H21NO2S/c1-20(2)12-7-13-22-19(21)18-16-10-4-3-8-14(16)15-9-5-6-11-17(15)23-18/h3-6,8-11,18H,7,12-13H2,1-2H3. The van der Waals surface area contributed by atoms with Crippen molar-refractivity contribution in [2.24, 2.45) is 0 Å². The van der Waals surface area contributed by atoms with Crippen molar-refractivity contribution >= 4 is 17.7 Å². The normalized spacial score (nSPS) is 15.9. The van der Waals surface area contributed by atoms with Crippen LogP contribution >= 0.6 is 11.8 Å². The lowest BCUT2D eigenvalue weighted by molar-refractivity contribution is -0.143. The SMILES string of the molecule is CN(C)CCCOC(=O)C1Sc2ccccc2-c2ccccc21. The highest BCUT2D eigenvalue weighted by atomic mass is 32.2.